The maximum atomic E-state index is 13.8. The predicted molar refractivity (Wildman–Crippen MR) is 250 cm³/mol. The van der Waals surface area contributed by atoms with Crippen molar-refractivity contribution < 1.29 is 104 Å². The Morgan fingerprint density at radius 3 is 1.66 bits per heavy atom. The Morgan fingerprint density at radius 2 is 1.09 bits per heavy atom. The number of phosphoric ester groups is 3. The molecular weight excluding hydrogens is 1130 g/mol. The summed E-state index contributed by atoms with van der Waals surface area (Å²) in [5.74, 6) is -1.74. The van der Waals surface area contributed by atoms with E-state index in [9.17, 15) is 62.7 Å². The van der Waals surface area contributed by atoms with Gasteiger partial charge in [0.25, 0.3) is 11.1 Å². The van der Waals surface area contributed by atoms with Gasteiger partial charge in [-0.05, 0) is 6.92 Å². The Morgan fingerprint density at radius 1 is 0.597 bits per heavy atom. The molecule has 77 heavy (non-hydrogen) atoms. The first-order valence-electron chi connectivity index (χ1n) is 22.1. The molecule has 0 amide bonds. The number of nitrogens with two attached hydrogens (primary N) is 3. The van der Waals surface area contributed by atoms with Crippen LogP contribution >= 0.6 is 31.3 Å². The van der Waals surface area contributed by atoms with E-state index in [1.165, 1.54) is 18.6 Å². The smallest absolute Gasteiger partial charge is 0.388 e. The van der Waals surface area contributed by atoms with E-state index in [-0.39, 0.29) is 64.4 Å². The first-order chi connectivity index (χ1) is 36.3. The highest BCUT2D eigenvalue weighted by molar-refractivity contribution is 7.66. The third-order valence-corrected chi connectivity index (χ3v) is 17.1. The van der Waals surface area contributed by atoms with E-state index >= 15 is 0 Å². The van der Waals surface area contributed by atoms with Crippen LogP contribution in [0.4, 0.5) is 17.7 Å². The summed E-state index contributed by atoms with van der Waals surface area (Å²) in [6, 6.07) is 0. The summed E-state index contributed by atoms with van der Waals surface area (Å²) >= 11 is 0. The number of methoxy groups -OCH3 is 1. The summed E-state index contributed by atoms with van der Waals surface area (Å²) in [5.41, 5.74) is 15.3. The number of rotatable bonds is 22. The Hall–Kier alpha value is -5.15. The van der Waals surface area contributed by atoms with Gasteiger partial charge in [0.1, 0.15) is 54.6 Å². The molecule has 0 radical (unpaired) electrons. The minimum Gasteiger partial charge on any atom is -0.388 e. The number of fused-ring (bicyclic) bond motifs is 3. The van der Waals surface area contributed by atoms with Crippen LogP contribution in [-0.2, 0) is 68.7 Å². The van der Waals surface area contributed by atoms with Crippen LogP contribution in [0.15, 0.2) is 34.9 Å². The number of hydrogen-bond donors (Lipinski definition) is 12. The molecule has 9 rings (SSSR count). The lowest BCUT2D eigenvalue weighted by Crippen LogP contribution is -2.38. The van der Waals surface area contributed by atoms with Crippen molar-refractivity contribution in [2.45, 2.75) is 74.4 Å². The number of aliphatic hydroxyl groups excluding tert-OH is 3. The van der Waals surface area contributed by atoms with E-state index in [1.54, 1.807) is 0 Å². The monoisotopic (exact) mass is 1170 g/mol. The molecule has 4 unspecified atom stereocenters. The lowest BCUT2D eigenvalue weighted by atomic mass is 9.99. The van der Waals surface area contributed by atoms with Gasteiger partial charge < -0.3 is 75.8 Å². The highest BCUT2D eigenvalue weighted by Crippen LogP contribution is 2.68. The van der Waals surface area contributed by atoms with Gasteiger partial charge in [0.15, 0.2) is 52.5 Å². The number of hydrogen-bond acceptors (Lipinski definition) is 30. The van der Waals surface area contributed by atoms with Gasteiger partial charge in [-0.15, -0.1) is 0 Å². The molecule has 0 aromatic carbocycles. The summed E-state index contributed by atoms with van der Waals surface area (Å²) in [4.78, 5) is 100. The van der Waals surface area contributed by atoms with Crippen molar-refractivity contribution in [1.29, 1.82) is 0 Å². The average molecular weight is 1170 g/mol. The first kappa shape index (κ1) is 56.6. The quantitative estimate of drug-likeness (QED) is 0.0304. The van der Waals surface area contributed by atoms with Gasteiger partial charge in [-0.3, -0.25) is 51.4 Å². The predicted octanol–water partition coefficient (Wildman–Crippen LogP) is -2.85. The summed E-state index contributed by atoms with van der Waals surface area (Å²) in [6.45, 7) is -2.12. The molecule has 0 saturated carbocycles. The van der Waals surface area contributed by atoms with E-state index in [0.29, 0.717) is 0 Å². The maximum Gasteiger partial charge on any atom is 0.490 e. The number of nitrogens with one attached hydrogen (secondary N) is 2. The molecule has 0 bridgehead atoms. The molecule has 6 aromatic rings. The molecule has 3 saturated heterocycles. The van der Waals surface area contributed by atoms with Gasteiger partial charge in [-0.25, -0.2) is 43.2 Å². The molecular formula is C34H47N15O24P4. The van der Waals surface area contributed by atoms with E-state index < -0.39 is 136 Å². The molecule has 9 heterocycles. The average Bonchev–Trinajstić information content (AvgIpc) is 4.20. The number of aromatic nitrogens is 12. The zero-order chi connectivity index (χ0) is 55.5. The van der Waals surface area contributed by atoms with E-state index in [2.05, 4.69) is 53.5 Å². The summed E-state index contributed by atoms with van der Waals surface area (Å²) in [6.07, 6.45) is -13.2. The van der Waals surface area contributed by atoms with Crippen LogP contribution in [-0.4, -0.2) is 182 Å². The molecule has 39 nitrogen and oxygen atoms in total. The van der Waals surface area contributed by atoms with Gasteiger partial charge in [-0.2, -0.15) is 18.6 Å². The standard InChI is InChI=1S/C34H47N15O24P4/c1-3-64-23-22(71-74(55,56)65-6-14-20(51)21(52)31(69-14)49-11-42-18-27(49)44-34(37)46-29(18)54)15(70-32(23)47-9-40-16-24(35)38-8-39-25(16)47)7-67-76(59,60)73-77(61,62)72-75(57,58)66-5-13-12(4-63-2)19(50)30(68-13)48-10-41-17-26(48)43-33(36)45-28(17)53/h8-15,19-23,30-32,50-52H,3-7H2,1-2H3,(H,55,56)(H,57,58)(H,59,60)(H,61,62)(H2,35,38,39)(H3,36,43,45,53)(H3,37,44,46,54)/t12-,13-,14-,15-,19-,20-,21-,22-,23-,30-,31-,32-/m1/s1. The zero-order valence-electron chi connectivity index (χ0n) is 39.3. The molecule has 0 spiro atoms. The van der Waals surface area contributed by atoms with E-state index in [1.807, 2.05) is 0 Å². The van der Waals surface area contributed by atoms with Crippen LogP contribution in [0, 0.1) is 5.92 Å². The third-order valence-electron chi connectivity index (χ3n) is 11.8. The molecule has 3 aliphatic heterocycles. The van der Waals surface area contributed by atoms with Crippen LogP contribution in [0.1, 0.15) is 25.6 Å². The van der Waals surface area contributed by atoms with Crippen LogP contribution in [0.25, 0.3) is 33.5 Å². The second kappa shape index (κ2) is 21.8. The Balaban J connectivity index is 0.877. The van der Waals surface area contributed by atoms with Crippen molar-refractivity contribution in [1.82, 2.24) is 58.6 Å². The zero-order valence-corrected chi connectivity index (χ0v) is 42.9. The van der Waals surface area contributed by atoms with Gasteiger partial charge in [-0.1, -0.05) is 0 Å². The van der Waals surface area contributed by atoms with Gasteiger partial charge in [0.2, 0.25) is 11.9 Å². The number of aromatic amines is 2. The fourth-order valence-corrected chi connectivity index (χ4v) is 13.0. The second-order valence-corrected chi connectivity index (χ2v) is 22.9. The van der Waals surface area contributed by atoms with Crippen molar-refractivity contribution in [3.8, 4) is 0 Å². The van der Waals surface area contributed by atoms with Crippen molar-refractivity contribution >= 4 is 82.5 Å². The summed E-state index contributed by atoms with van der Waals surface area (Å²) < 4.78 is 114. The second-order valence-electron chi connectivity index (χ2n) is 16.8. The van der Waals surface area contributed by atoms with E-state index in [4.69, 9.17) is 59.0 Å². The van der Waals surface area contributed by atoms with Crippen LogP contribution < -0.4 is 28.3 Å². The number of nitrogen functional groups attached to an aromatic ring is 3. The number of aliphatic hydroxyl groups is 3. The molecule has 3 fully saturated rings. The third kappa shape index (κ3) is 11.8. The van der Waals surface area contributed by atoms with Crippen LogP contribution in [0.5, 0.6) is 0 Å². The van der Waals surface area contributed by atoms with Crippen molar-refractivity contribution in [3.05, 3.63) is 46.0 Å². The molecule has 6 aromatic heterocycles. The maximum absolute atomic E-state index is 13.8. The lowest BCUT2D eigenvalue weighted by Gasteiger charge is -2.27. The Bertz CT molecular complexity index is 3470. The number of H-pyrrole nitrogens is 2. The largest absolute Gasteiger partial charge is 0.490 e. The molecule has 15 N–H and O–H groups in total. The molecule has 43 heteroatoms. The van der Waals surface area contributed by atoms with E-state index in [0.717, 1.165) is 34.4 Å². The molecule has 16 atom stereocenters. The number of ether oxygens (including phenoxy) is 5. The summed E-state index contributed by atoms with van der Waals surface area (Å²) in [7, 11) is -22.1. The first-order valence-corrected chi connectivity index (χ1v) is 28.1. The lowest BCUT2D eigenvalue weighted by molar-refractivity contribution is -0.0683. The van der Waals surface area contributed by atoms with Crippen molar-refractivity contribution in [2.24, 2.45) is 5.92 Å². The van der Waals surface area contributed by atoms with Gasteiger partial charge in [0, 0.05) is 19.6 Å². The van der Waals surface area contributed by atoms with Crippen LogP contribution in [0.3, 0.4) is 0 Å². The van der Waals surface area contributed by atoms with Gasteiger partial charge >= 0.3 is 31.3 Å². The molecule has 0 aliphatic carbocycles. The fraction of sp³-hybridized carbons (Fsp3) is 0.559. The van der Waals surface area contributed by atoms with Crippen molar-refractivity contribution in [2.75, 3.05) is 57.3 Å². The molecule has 422 valence electrons. The number of phosphoric acid groups is 4. The summed E-state index contributed by atoms with van der Waals surface area (Å²) in [5, 5.41) is 33.0. The molecule has 3 aliphatic rings. The number of imidazole rings is 3. The minimum absolute atomic E-state index is 0.0204. The van der Waals surface area contributed by atoms with Gasteiger partial charge in [0.05, 0.1) is 51.5 Å². The highest BCUT2D eigenvalue weighted by atomic mass is 31.3. The Labute approximate surface area is 427 Å². The number of anilines is 3. The fourth-order valence-electron chi connectivity index (χ4n) is 8.57. The minimum atomic E-state index is -6.18. The number of nitrogens with zero attached hydrogens (tertiary/aromatic N) is 10. The van der Waals surface area contributed by atoms with Crippen molar-refractivity contribution in [3.63, 3.8) is 0 Å². The normalized spacial score (nSPS) is 30.0. The van der Waals surface area contributed by atoms with Crippen LogP contribution in [0.2, 0.25) is 0 Å². The SMILES string of the molecule is CCO[C@@H]1[C@H](OP(=O)(O)OC[C@H]2O[C@@H](n3cnc4c(=O)[nH]c(N)nc43)[C@H](O)[C@@H]2O)[C@@H](COP(=O)(O)OP(=O)(O)OP(=O)(O)OC[C@H]2O[C@@H](n3cnc4c(=O)[nH]c(N)nc43)[C@H](O)[C@@H]2COC)O[C@H]1n1cnc2c(N)ncnc21. The highest BCUT2D eigenvalue weighted by Gasteiger charge is 2.54. The Kier molecular flexibility index (Phi) is 16.0. The topological polar surface area (TPSA) is 560 Å².